The molecule has 3 rings (SSSR count). The Kier molecular flexibility index (Phi) is 3.43. The van der Waals surface area contributed by atoms with E-state index in [0.717, 1.165) is 20.3 Å². The third-order valence-electron chi connectivity index (χ3n) is 3.08. The summed E-state index contributed by atoms with van der Waals surface area (Å²) >= 11 is 4.82. The standard InChI is InChI=1S/C15H9BrN2OS/c16-12-4-6-20-15(12)14(19)9-18-5-3-11-7-10(8-17)1-2-13(11)18/h1-7H,9H2. The van der Waals surface area contributed by atoms with Crippen LogP contribution in [-0.2, 0) is 6.54 Å². The molecule has 2 aromatic heterocycles. The van der Waals surface area contributed by atoms with Gasteiger partial charge in [0.2, 0.25) is 0 Å². The molecule has 0 spiro atoms. The first kappa shape index (κ1) is 13.1. The number of ketones is 1. The van der Waals surface area contributed by atoms with Gasteiger partial charge in [0.1, 0.15) is 0 Å². The molecule has 0 aliphatic rings. The second kappa shape index (κ2) is 5.23. The minimum atomic E-state index is 0.0775. The lowest BCUT2D eigenvalue weighted by molar-refractivity contribution is 0.0977. The van der Waals surface area contributed by atoms with Crippen LogP contribution in [0.1, 0.15) is 15.2 Å². The molecule has 0 saturated carbocycles. The molecule has 0 aliphatic carbocycles. The van der Waals surface area contributed by atoms with Crippen LogP contribution in [0.15, 0.2) is 46.4 Å². The molecule has 20 heavy (non-hydrogen) atoms. The van der Waals surface area contributed by atoms with Gasteiger partial charge in [-0.1, -0.05) is 0 Å². The summed E-state index contributed by atoms with van der Waals surface area (Å²) in [4.78, 5) is 13.0. The van der Waals surface area contributed by atoms with Crippen LogP contribution in [0.2, 0.25) is 0 Å². The normalized spacial score (nSPS) is 10.6. The number of thiophene rings is 1. The maximum atomic E-state index is 12.3. The number of hydrogen-bond acceptors (Lipinski definition) is 3. The van der Waals surface area contributed by atoms with E-state index in [1.807, 2.05) is 40.4 Å². The van der Waals surface area contributed by atoms with E-state index in [9.17, 15) is 4.79 Å². The van der Waals surface area contributed by atoms with Crippen molar-refractivity contribution in [1.82, 2.24) is 4.57 Å². The number of benzene rings is 1. The van der Waals surface area contributed by atoms with Crippen LogP contribution < -0.4 is 0 Å². The molecule has 5 heteroatoms. The van der Waals surface area contributed by atoms with Crippen molar-refractivity contribution in [3.63, 3.8) is 0 Å². The Morgan fingerprint density at radius 1 is 1.35 bits per heavy atom. The van der Waals surface area contributed by atoms with Gasteiger partial charge in [-0.05, 0) is 51.6 Å². The molecule has 0 bridgehead atoms. The monoisotopic (exact) mass is 344 g/mol. The molecule has 98 valence electrons. The zero-order valence-corrected chi connectivity index (χ0v) is 12.7. The van der Waals surface area contributed by atoms with Crippen LogP contribution in [0, 0.1) is 11.3 Å². The van der Waals surface area contributed by atoms with Gasteiger partial charge in [0.05, 0.1) is 23.1 Å². The lowest BCUT2D eigenvalue weighted by Crippen LogP contribution is -2.08. The van der Waals surface area contributed by atoms with E-state index in [4.69, 9.17) is 5.26 Å². The molecule has 3 nitrogen and oxygen atoms in total. The topological polar surface area (TPSA) is 45.8 Å². The number of halogens is 1. The van der Waals surface area contributed by atoms with Crippen molar-refractivity contribution >= 4 is 44.0 Å². The van der Waals surface area contributed by atoms with E-state index in [1.54, 1.807) is 6.07 Å². The maximum Gasteiger partial charge on any atom is 0.193 e. The predicted octanol–water partition coefficient (Wildman–Crippen LogP) is 4.22. The van der Waals surface area contributed by atoms with Gasteiger partial charge in [-0.25, -0.2) is 0 Å². The zero-order valence-electron chi connectivity index (χ0n) is 10.3. The second-order valence-corrected chi connectivity index (χ2v) is 6.12. The number of aromatic nitrogens is 1. The van der Waals surface area contributed by atoms with Crippen molar-refractivity contribution < 1.29 is 4.79 Å². The Morgan fingerprint density at radius 2 is 2.20 bits per heavy atom. The summed E-state index contributed by atoms with van der Waals surface area (Å²) in [7, 11) is 0. The number of carbonyl (C=O) groups excluding carboxylic acids is 1. The summed E-state index contributed by atoms with van der Waals surface area (Å²) in [6, 6.07) is 11.4. The lowest BCUT2D eigenvalue weighted by Gasteiger charge is -2.04. The Labute approximate surface area is 128 Å². The van der Waals surface area contributed by atoms with Crippen LogP contribution in [0.4, 0.5) is 0 Å². The predicted molar refractivity (Wildman–Crippen MR) is 83.0 cm³/mol. The molecule has 0 unspecified atom stereocenters. The Bertz CT molecular complexity index is 841. The van der Waals surface area contributed by atoms with Crippen LogP contribution in [0.3, 0.4) is 0 Å². The van der Waals surface area contributed by atoms with Crippen LogP contribution in [-0.4, -0.2) is 10.4 Å². The van der Waals surface area contributed by atoms with Gasteiger partial charge >= 0.3 is 0 Å². The molecule has 0 fully saturated rings. The van der Waals surface area contributed by atoms with Gasteiger partial charge in [0, 0.05) is 21.6 Å². The first-order valence-corrected chi connectivity index (χ1v) is 7.61. The van der Waals surface area contributed by atoms with Crippen molar-refractivity contribution in [2.75, 3.05) is 0 Å². The smallest absolute Gasteiger partial charge is 0.193 e. The Hall–Kier alpha value is -1.90. The van der Waals surface area contributed by atoms with Gasteiger partial charge in [0.15, 0.2) is 5.78 Å². The minimum Gasteiger partial charge on any atom is -0.340 e. The first-order valence-electron chi connectivity index (χ1n) is 5.94. The molecule has 0 N–H and O–H groups in total. The number of carbonyl (C=O) groups is 1. The molecule has 0 atom stereocenters. The van der Waals surface area contributed by atoms with Crippen LogP contribution >= 0.6 is 27.3 Å². The highest BCUT2D eigenvalue weighted by Gasteiger charge is 2.13. The van der Waals surface area contributed by atoms with E-state index in [1.165, 1.54) is 11.3 Å². The fourth-order valence-electron chi connectivity index (χ4n) is 2.13. The maximum absolute atomic E-state index is 12.3. The van der Waals surface area contributed by atoms with Gasteiger partial charge in [-0.15, -0.1) is 11.3 Å². The van der Waals surface area contributed by atoms with Crippen molar-refractivity contribution in [2.24, 2.45) is 0 Å². The largest absolute Gasteiger partial charge is 0.340 e. The molecule has 0 aliphatic heterocycles. The van der Waals surface area contributed by atoms with E-state index >= 15 is 0 Å². The molecular formula is C15H9BrN2OS. The molecule has 0 amide bonds. The van der Waals surface area contributed by atoms with Crippen molar-refractivity contribution in [2.45, 2.75) is 6.54 Å². The molecule has 3 aromatic rings. The molecule has 1 aromatic carbocycles. The highest BCUT2D eigenvalue weighted by molar-refractivity contribution is 9.10. The van der Waals surface area contributed by atoms with E-state index in [2.05, 4.69) is 22.0 Å². The summed E-state index contributed by atoms with van der Waals surface area (Å²) in [6.07, 6.45) is 1.88. The van der Waals surface area contributed by atoms with Gasteiger partial charge in [-0.2, -0.15) is 5.26 Å². The number of Topliss-reactive ketones (excluding diaryl/α,β-unsaturated/α-hetero) is 1. The summed E-state index contributed by atoms with van der Waals surface area (Å²) in [5.41, 5.74) is 1.59. The van der Waals surface area contributed by atoms with Crippen LogP contribution in [0.5, 0.6) is 0 Å². The molecule has 0 saturated heterocycles. The van der Waals surface area contributed by atoms with Gasteiger partial charge in [0.25, 0.3) is 0 Å². The van der Waals surface area contributed by atoms with Crippen LogP contribution in [0.25, 0.3) is 10.9 Å². The van der Waals surface area contributed by atoms with Crippen molar-refractivity contribution in [3.05, 3.63) is 56.8 Å². The molecule has 2 heterocycles. The van der Waals surface area contributed by atoms with Gasteiger partial charge < -0.3 is 4.57 Å². The summed E-state index contributed by atoms with van der Waals surface area (Å²) in [6.45, 7) is 0.300. The quantitative estimate of drug-likeness (QED) is 0.667. The summed E-state index contributed by atoms with van der Waals surface area (Å²) in [5.74, 6) is 0.0775. The first-order chi connectivity index (χ1) is 9.69. The van der Waals surface area contributed by atoms with Gasteiger partial charge in [-0.3, -0.25) is 4.79 Å². The Balaban J connectivity index is 1.94. The summed E-state index contributed by atoms with van der Waals surface area (Å²) in [5, 5.41) is 11.8. The summed E-state index contributed by atoms with van der Waals surface area (Å²) < 4.78 is 2.75. The zero-order chi connectivity index (χ0) is 14.1. The van der Waals surface area contributed by atoms with E-state index < -0.39 is 0 Å². The average molecular weight is 345 g/mol. The van der Waals surface area contributed by atoms with Crippen molar-refractivity contribution in [3.8, 4) is 6.07 Å². The number of nitriles is 1. The number of nitrogens with zero attached hydrogens (tertiary/aromatic N) is 2. The highest BCUT2D eigenvalue weighted by Crippen LogP contribution is 2.24. The molecule has 0 radical (unpaired) electrons. The number of fused-ring (bicyclic) bond motifs is 1. The molecular weight excluding hydrogens is 336 g/mol. The SMILES string of the molecule is N#Cc1ccc2c(ccn2CC(=O)c2sccc2Br)c1. The number of rotatable bonds is 3. The Morgan fingerprint density at radius 3 is 2.90 bits per heavy atom. The fraction of sp³-hybridized carbons (Fsp3) is 0.0667. The van der Waals surface area contributed by atoms with Crippen molar-refractivity contribution in [1.29, 1.82) is 5.26 Å². The average Bonchev–Trinajstić information content (AvgIpc) is 3.05. The second-order valence-electron chi connectivity index (χ2n) is 4.35. The van der Waals surface area contributed by atoms with E-state index in [-0.39, 0.29) is 5.78 Å². The van der Waals surface area contributed by atoms with E-state index in [0.29, 0.717) is 12.1 Å². The minimum absolute atomic E-state index is 0.0775. The highest BCUT2D eigenvalue weighted by atomic mass is 79.9. The fourth-order valence-corrected chi connectivity index (χ4v) is 3.65. The number of hydrogen-bond donors (Lipinski definition) is 0. The lowest BCUT2D eigenvalue weighted by atomic mass is 10.2. The third-order valence-corrected chi connectivity index (χ3v) is 4.96. The third kappa shape index (κ3) is 2.28.